The summed E-state index contributed by atoms with van der Waals surface area (Å²) in [6.07, 6.45) is -0.189. The Morgan fingerprint density at radius 3 is 3.00 bits per heavy atom. The van der Waals surface area contributed by atoms with Crippen molar-refractivity contribution in [2.75, 3.05) is 33.9 Å². The lowest BCUT2D eigenvalue weighted by Crippen LogP contribution is -2.45. The fourth-order valence-electron chi connectivity index (χ4n) is 2.17. The molecule has 1 fully saturated rings. The van der Waals surface area contributed by atoms with Crippen molar-refractivity contribution in [2.24, 2.45) is 5.73 Å². The van der Waals surface area contributed by atoms with Crippen molar-refractivity contribution in [3.8, 4) is 5.75 Å². The number of hydrogen-bond donors (Lipinski definition) is 1. The number of ether oxygens (including phenoxy) is 2. The molecule has 2 N–H and O–H groups in total. The first-order valence-corrected chi connectivity index (χ1v) is 6.01. The van der Waals surface area contributed by atoms with Gasteiger partial charge in [0.05, 0.1) is 25.9 Å². The summed E-state index contributed by atoms with van der Waals surface area (Å²) >= 11 is 0. The lowest BCUT2D eigenvalue weighted by molar-refractivity contribution is -0.0331. The van der Waals surface area contributed by atoms with E-state index in [0.717, 1.165) is 6.54 Å². The van der Waals surface area contributed by atoms with Crippen LogP contribution in [0.1, 0.15) is 11.6 Å². The highest BCUT2D eigenvalue weighted by molar-refractivity contribution is 5.33. The van der Waals surface area contributed by atoms with E-state index in [2.05, 4.69) is 4.90 Å². The van der Waals surface area contributed by atoms with E-state index >= 15 is 0 Å². The number of benzene rings is 1. The number of rotatable bonds is 3. The molecule has 100 valence electrons. The van der Waals surface area contributed by atoms with Crippen LogP contribution in [0.15, 0.2) is 18.2 Å². The Bertz CT molecular complexity index is 414. The lowest BCUT2D eigenvalue weighted by atomic mass is 10.00. The zero-order chi connectivity index (χ0) is 13.1. The smallest absolute Gasteiger partial charge is 0.169 e. The van der Waals surface area contributed by atoms with E-state index in [9.17, 15) is 4.39 Å². The summed E-state index contributed by atoms with van der Waals surface area (Å²) in [5.74, 6) is -0.184. The molecule has 0 aromatic heterocycles. The molecule has 0 amide bonds. The van der Waals surface area contributed by atoms with Crippen LogP contribution in [0.2, 0.25) is 0 Å². The van der Waals surface area contributed by atoms with Gasteiger partial charge in [-0.25, -0.2) is 4.39 Å². The van der Waals surface area contributed by atoms with Gasteiger partial charge in [0.1, 0.15) is 0 Å². The van der Waals surface area contributed by atoms with Crippen molar-refractivity contribution in [2.45, 2.75) is 12.1 Å². The molecule has 0 bridgehead atoms. The van der Waals surface area contributed by atoms with Crippen LogP contribution >= 0.6 is 0 Å². The number of morpholine rings is 1. The van der Waals surface area contributed by atoms with Crippen molar-refractivity contribution in [3.05, 3.63) is 29.6 Å². The van der Waals surface area contributed by atoms with Gasteiger partial charge in [0.2, 0.25) is 0 Å². The second kappa shape index (κ2) is 5.65. The lowest BCUT2D eigenvalue weighted by Gasteiger charge is -2.33. The molecule has 0 aliphatic carbocycles. The van der Waals surface area contributed by atoms with Gasteiger partial charge in [-0.1, -0.05) is 12.1 Å². The molecule has 1 aliphatic rings. The van der Waals surface area contributed by atoms with Crippen LogP contribution in [0.5, 0.6) is 5.75 Å². The van der Waals surface area contributed by atoms with Gasteiger partial charge in [-0.05, 0) is 13.1 Å². The van der Waals surface area contributed by atoms with E-state index in [-0.39, 0.29) is 11.9 Å². The van der Waals surface area contributed by atoms with E-state index in [4.69, 9.17) is 15.2 Å². The summed E-state index contributed by atoms with van der Waals surface area (Å²) in [6.45, 7) is 2.21. The number of methoxy groups -OCH3 is 1. The number of halogens is 1. The minimum Gasteiger partial charge on any atom is -0.494 e. The van der Waals surface area contributed by atoms with Crippen molar-refractivity contribution >= 4 is 0 Å². The molecule has 2 atom stereocenters. The minimum absolute atomic E-state index is 0.189. The van der Waals surface area contributed by atoms with Crippen LogP contribution in [0.25, 0.3) is 0 Å². The van der Waals surface area contributed by atoms with Gasteiger partial charge in [-0.3, -0.25) is 0 Å². The fourth-order valence-corrected chi connectivity index (χ4v) is 2.17. The first-order chi connectivity index (χ1) is 8.63. The maximum Gasteiger partial charge on any atom is 0.169 e. The van der Waals surface area contributed by atoms with E-state index in [1.54, 1.807) is 18.2 Å². The number of likely N-dealkylation sites (N-methyl/N-ethyl adjacent to an activating group) is 1. The van der Waals surface area contributed by atoms with Crippen molar-refractivity contribution < 1.29 is 13.9 Å². The Labute approximate surface area is 106 Å². The Morgan fingerprint density at radius 1 is 1.56 bits per heavy atom. The van der Waals surface area contributed by atoms with Crippen LogP contribution < -0.4 is 10.5 Å². The summed E-state index contributed by atoms with van der Waals surface area (Å²) < 4.78 is 24.7. The molecule has 0 saturated carbocycles. The standard InChI is InChI=1S/C13H19FN2O2/c1-16-6-7-18-11(8-16)13(15)9-4-3-5-10(17-2)12(9)14/h3-5,11,13H,6-8,15H2,1-2H3. The van der Waals surface area contributed by atoms with Crippen molar-refractivity contribution in [1.82, 2.24) is 4.90 Å². The summed E-state index contributed by atoms with van der Waals surface area (Å²) in [5, 5.41) is 0. The molecule has 4 nitrogen and oxygen atoms in total. The Balaban J connectivity index is 2.20. The zero-order valence-electron chi connectivity index (χ0n) is 10.7. The molecular weight excluding hydrogens is 235 g/mol. The Morgan fingerprint density at radius 2 is 2.33 bits per heavy atom. The maximum atomic E-state index is 14.1. The van der Waals surface area contributed by atoms with E-state index in [1.165, 1.54) is 7.11 Å². The molecule has 1 aromatic rings. The highest BCUT2D eigenvalue weighted by Crippen LogP contribution is 2.27. The second-order valence-electron chi connectivity index (χ2n) is 4.56. The molecule has 2 unspecified atom stereocenters. The molecule has 2 rings (SSSR count). The molecule has 1 aliphatic heterocycles. The van der Waals surface area contributed by atoms with Gasteiger partial charge in [0.15, 0.2) is 11.6 Å². The monoisotopic (exact) mass is 254 g/mol. The topological polar surface area (TPSA) is 47.7 Å². The highest BCUT2D eigenvalue weighted by Gasteiger charge is 2.27. The molecular formula is C13H19FN2O2. The minimum atomic E-state index is -0.483. The largest absolute Gasteiger partial charge is 0.494 e. The third kappa shape index (κ3) is 2.63. The summed E-state index contributed by atoms with van der Waals surface area (Å²) in [6, 6.07) is 4.52. The number of hydrogen-bond acceptors (Lipinski definition) is 4. The molecule has 1 heterocycles. The van der Waals surface area contributed by atoms with Crippen LogP contribution in [0, 0.1) is 5.82 Å². The van der Waals surface area contributed by atoms with Crippen LogP contribution in [0.3, 0.4) is 0 Å². The van der Waals surface area contributed by atoms with Gasteiger partial charge >= 0.3 is 0 Å². The normalized spacial score (nSPS) is 22.8. The fraction of sp³-hybridized carbons (Fsp3) is 0.538. The molecule has 18 heavy (non-hydrogen) atoms. The SMILES string of the molecule is COc1cccc(C(N)C2CN(C)CCO2)c1F. The molecule has 0 radical (unpaired) electrons. The quantitative estimate of drug-likeness (QED) is 0.879. The summed E-state index contributed by atoms with van der Waals surface area (Å²) in [4.78, 5) is 2.13. The summed E-state index contributed by atoms with van der Waals surface area (Å²) in [7, 11) is 3.45. The Hall–Kier alpha value is -1.17. The van der Waals surface area contributed by atoms with Crippen molar-refractivity contribution in [1.29, 1.82) is 0 Å². The highest BCUT2D eigenvalue weighted by atomic mass is 19.1. The van der Waals surface area contributed by atoms with E-state index < -0.39 is 11.9 Å². The Kier molecular flexibility index (Phi) is 4.16. The molecule has 1 aromatic carbocycles. The average Bonchev–Trinajstić information content (AvgIpc) is 2.38. The predicted octanol–water partition coefficient (Wildman–Crippen LogP) is 1.16. The van der Waals surface area contributed by atoms with Gasteiger partial charge in [0.25, 0.3) is 0 Å². The van der Waals surface area contributed by atoms with Crippen LogP contribution in [-0.4, -0.2) is 44.9 Å². The van der Waals surface area contributed by atoms with Gasteiger partial charge in [-0.2, -0.15) is 0 Å². The van der Waals surface area contributed by atoms with Gasteiger partial charge in [-0.15, -0.1) is 0 Å². The van der Waals surface area contributed by atoms with Gasteiger partial charge < -0.3 is 20.1 Å². The number of nitrogens with zero attached hydrogens (tertiary/aromatic N) is 1. The first kappa shape index (κ1) is 13.3. The summed E-state index contributed by atoms with van der Waals surface area (Å²) in [5.41, 5.74) is 6.55. The maximum absolute atomic E-state index is 14.1. The average molecular weight is 254 g/mol. The van der Waals surface area contributed by atoms with Gasteiger partial charge in [0, 0.05) is 18.7 Å². The second-order valence-corrected chi connectivity index (χ2v) is 4.56. The predicted molar refractivity (Wildman–Crippen MR) is 67.1 cm³/mol. The molecule has 1 saturated heterocycles. The third-order valence-electron chi connectivity index (χ3n) is 3.27. The van der Waals surface area contributed by atoms with Crippen molar-refractivity contribution in [3.63, 3.8) is 0 Å². The van der Waals surface area contributed by atoms with E-state index in [1.807, 2.05) is 7.05 Å². The zero-order valence-corrected chi connectivity index (χ0v) is 10.7. The first-order valence-electron chi connectivity index (χ1n) is 6.01. The molecule has 5 heteroatoms. The van der Waals surface area contributed by atoms with Crippen LogP contribution in [-0.2, 0) is 4.74 Å². The van der Waals surface area contributed by atoms with Crippen LogP contribution in [0.4, 0.5) is 4.39 Å². The number of nitrogens with two attached hydrogens (primary N) is 1. The van der Waals surface area contributed by atoms with E-state index in [0.29, 0.717) is 18.7 Å². The third-order valence-corrected chi connectivity index (χ3v) is 3.27. The molecule has 0 spiro atoms.